The largest absolute Gasteiger partial charge is 0.504 e. The Kier molecular flexibility index (Phi) is 3.60. The number of aromatic hydroxyl groups is 1. The van der Waals surface area contributed by atoms with Crippen LogP contribution in [0.2, 0.25) is 5.02 Å². The van der Waals surface area contributed by atoms with Gasteiger partial charge in [-0.15, -0.1) is 0 Å². The van der Waals surface area contributed by atoms with E-state index in [1.54, 1.807) is 0 Å². The van der Waals surface area contributed by atoms with Gasteiger partial charge < -0.3 is 10.4 Å². The number of ketones is 1. The minimum absolute atomic E-state index is 0.141. The fourth-order valence-corrected chi connectivity index (χ4v) is 1.24. The third-order valence-electron chi connectivity index (χ3n) is 1.77. The number of phenols is 1. The summed E-state index contributed by atoms with van der Waals surface area (Å²) in [4.78, 5) is 11.3. The number of Topliss-reactive ketones (excluding diaryl/α,β-unsaturated/α-hetero) is 1. The summed E-state index contributed by atoms with van der Waals surface area (Å²) in [5, 5.41) is 11.1. The van der Waals surface area contributed by atoms with Crippen LogP contribution in [0.5, 0.6) is 5.75 Å². The summed E-state index contributed by atoms with van der Waals surface area (Å²) in [5.41, 5.74) is -0.482. The van der Waals surface area contributed by atoms with Crippen LogP contribution in [0.25, 0.3) is 0 Å². The molecule has 0 saturated heterocycles. The molecule has 15 heavy (non-hydrogen) atoms. The number of nitrogens with one attached hydrogen (secondary N) is 1. The first kappa shape index (κ1) is 11.9. The highest BCUT2D eigenvalue weighted by atomic mass is 35.5. The van der Waals surface area contributed by atoms with Gasteiger partial charge in [-0.05, 0) is 13.1 Å². The molecule has 0 bridgehead atoms. The third-order valence-corrected chi connectivity index (χ3v) is 2.06. The zero-order valence-corrected chi connectivity index (χ0v) is 8.53. The van der Waals surface area contributed by atoms with E-state index in [0.29, 0.717) is 0 Å². The summed E-state index contributed by atoms with van der Waals surface area (Å²) in [7, 11) is 1.49. The summed E-state index contributed by atoms with van der Waals surface area (Å²) in [6.45, 7) is -0.141. The molecule has 1 aromatic carbocycles. The summed E-state index contributed by atoms with van der Waals surface area (Å²) in [6, 6.07) is 0.898. The van der Waals surface area contributed by atoms with Crippen molar-refractivity contribution in [2.24, 2.45) is 0 Å². The van der Waals surface area contributed by atoms with Gasteiger partial charge in [-0.2, -0.15) is 4.39 Å². The van der Waals surface area contributed by atoms with Crippen LogP contribution in [-0.4, -0.2) is 24.5 Å². The highest BCUT2D eigenvalue weighted by Crippen LogP contribution is 2.30. The fourth-order valence-electron chi connectivity index (χ4n) is 1.04. The van der Waals surface area contributed by atoms with E-state index in [4.69, 9.17) is 16.7 Å². The maximum Gasteiger partial charge on any atom is 0.202 e. The van der Waals surface area contributed by atoms with Gasteiger partial charge >= 0.3 is 0 Å². The van der Waals surface area contributed by atoms with Crippen molar-refractivity contribution in [3.05, 3.63) is 28.3 Å². The van der Waals surface area contributed by atoms with Gasteiger partial charge in [-0.3, -0.25) is 4.79 Å². The van der Waals surface area contributed by atoms with Gasteiger partial charge in [0.15, 0.2) is 17.3 Å². The topological polar surface area (TPSA) is 49.3 Å². The van der Waals surface area contributed by atoms with Crippen molar-refractivity contribution in [1.82, 2.24) is 5.32 Å². The number of likely N-dealkylation sites (N-methyl/N-ethyl adjacent to an activating group) is 1. The second-order valence-electron chi connectivity index (χ2n) is 2.84. The number of carbonyl (C=O) groups is 1. The molecule has 2 N–H and O–H groups in total. The molecule has 0 unspecified atom stereocenters. The molecular weight excluding hydrogens is 228 g/mol. The Morgan fingerprint density at radius 3 is 2.67 bits per heavy atom. The highest BCUT2D eigenvalue weighted by molar-refractivity contribution is 6.32. The molecule has 0 aliphatic heterocycles. The summed E-state index contributed by atoms with van der Waals surface area (Å²) >= 11 is 5.41. The molecule has 0 radical (unpaired) electrons. The van der Waals surface area contributed by atoms with Gasteiger partial charge in [0.25, 0.3) is 0 Å². The van der Waals surface area contributed by atoms with Crippen LogP contribution in [0, 0.1) is 11.6 Å². The van der Waals surface area contributed by atoms with Gasteiger partial charge in [-0.1, -0.05) is 11.6 Å². The molecule has 1 aromatic rings. The molecule has 6 heteroatoms. The zero-order valence-electron chi connectivity index (χ0n) is 7.77. The number of rotatable bonds is 3. The van der Waals surface area contributed by atoms with Gasteiger partial charge in [0.05, 0.1) is 17.1 Å². The van der Waals surface area contributed by atoms with Crippen molar-refractivity contribution in [1.29, 1.82) is 0 Å². The Morgan fingerprint density at radius 2 is 2.13 bits per heavy atom. The second-order valence-corrected chi connectivity index (χ2v) is 3.24. The molecule has 0 aliphatic carbocycles. The van der Waals surface area contributed by atoms with E-state index in [0.717, 1.165) is 6.07 Å². The van der Waals surface area contributed by atoms with E-state index in [1.807, 2.05) is 0 Å². The van der Waals surface area contributed by atoms with E-state index in [9.17, 15) is 13.6 Å². The van der Waals surface area contributed by atoms with E-state index in [-0.39, 0.29) is 6.54 Å². The molecule has 0 aliphatic rings. The number of benzene rings is 1. The standard InChI is InChI=1S/C9H8ClF2NO2/c1-13-3-6(14)4-2-5(10)9(15)8(12)7(4)11/h2,13,15H,3H2,1H3. The lowest BCUT2D eigenvalue weighted by Gasteiger charge is -2.05. The number of hydrogen-bond acceptors (Lipinski definition) is 3. The molecule has 0 aromatic heterocycles. The van der Waals surface area contributed by atoms with Crippen molar-refractivity contribution < 1.29 is 18.7 Å². The van der Waals surface area contributed by atoms with Crippen LogP contribution >= 0.6 is 11.6 Å². The maximum atomic E-state index is 13.2. The van der Waals surface area contributed by atoms with Crippen molar-refractivity contribution in [2.75, 3.05) is 13.6 Å². The van der Waals surface area contributed by atoms with Crippen molar-refractivity contribution in [2.45, 2.75) is 0 Å². The molecule has 0 spiro atoms. The summed E-state index contributed by atoms with van der Waals surface area (Å²) in [5.74, 6) is -4.54. The molecule has 0 heterocycles. The lowest BCUT2D eigenvalue weighted by molar-refractivity contribution is 0.0988. The SMILES string of the molecule is CNCC(=O)c1cc(Cl)c(O)c(F)c1F. The normalized spacial score (nSPS) is 10.4. The van der Waals surface area contributed by atoms with Crippen LogP contribution in [-0.2, 0) is 0 Å². The molecule has 3 nitrogen and oxygen atoms in total. The maximum absolute atomic E-state index is 13.2. The molecule has 82 valence electrons. The lowest BCUT2D eigenvalue weighted by Crippen LogP contribution is -2.20. The van der Waals surface area contributed by atoms with Crippen LogP contribution < -0.4 is 5.32 Å². The first-order valence-corrected chi connectivity index (χ1v) is 4.41. The van der Waals surface area contributed by atoms with Crippen molar-refractivity contribution >= 4 is 17.4 Å². The lowest BCUT2D eigenvalue weighted by atomic mass is 10.1. The van der Waals surface area contributed by atoms with Crippen molar-refractivity contribution in [3.63, 3.8) is 0 Å². The van der Waals surface area contributed by atoms with Crippen LogP contribution in [0.15, 0.2) is 6.07 Å². The van der Waals surface area contributed by atoms with Gasteiger partial charge in [-0.25, -0.2) is 4.39 Å². The Balaban J connectivity index is 3.26. The third kappa shape index (κ3) is 2.24. The minimum atomic E-state index is -1.51. The predicted octanol–water partition coefficient (Wildman–Crippen LogP) is 1.73. The van der Waals surface area contributed by atoms with E-state index in [1.165, 1.54) is 7.05 Å². The van der Waals surface area contributed by atoms with E-state index in [2.05, 4.69) is 5.32 Å². The second kappa shape index (κ2) is 4.55. The smallest absolute Gasteiger partial charge is 0.202 e. The Labute approximate surface area is 89.7 Å². The average Bonchev–Trinajstić information content (AvgIpc) is 2.20. The molecule has 1 rings (SSSR count). The van der Waals surface area contributed by atoms with Crippen LogP contribution in [0.4, 0.5) is 8.78 Å². The summed E-state index contributed by atoms with van der Waals surface area (Å²) < 4.78 is 26.1. The van der Waals surface area contributed by atoms with E-state index >= 15 is 0 Å². The number of hydrogen-bond donors (Lipinski definition) is 2. The average molecular weight is 236 g/mol. The van der Waals surface area contributed by atoms with E-state index < -0.39 is 33.8 Å². The van der Waals surface area contributed by atoms with Gasteiger partial charge in [0.2, 0.25) is 5.82 Å². The van der Waals surface area contributed by atoms with Gasteiger partial charge in [0, 0.05) is 0 Å². The molecule has 0 saturated carbocycles. The summed E-state index contributed by atoms with van der Waals surface area (Å²) in [6.07, 6.45) is 0. The fraction of sp³-hybridized carbons (Fsp3) is 0.222. The van der Waals surface area contributed by atoms with Gasteiger partial charge in [0.1, 0.15) is 0 Å². The monoisotopic (exact) mass is 235 g/mol. The number of phenolic OH excluding ortho intramolecular Hbond substituents is 1. The predicted molar refractivity (Wildman–Crippen MR) is 51.3 cm³/mol. The Hall–Kier alpha value is -1.20. The Morgan fingerprint density at radius 1 is 1.53 bits per heavy atom. The zero-order chi connectivity index (χ0) is 11.6. The van der Waals surface area contributed by atoms with Crippen LogP contribution in [0.3, 0.4) is 0 Å². The first-order valence-electron chi connectivity index (χ1n) is 4.03. The quantitative estimate of drug-likeness (QED) is 0.620. The molecular formula is C9H8ClF2NO2. The van der Waals surface area contributed by atoms with Crippen molar-refractivity contribution in [3.8, 4) is 5.75 Å². The minimum Gasteiger partial charge on any atom is -0.504 e. The first-order chi connectivity index (χ1) is 6.99. The number of halogens is 3. The Bertz CT molecular complexity index is 410. The molecule has 0 fully saturated rings. The molecule has 0 atom stereocenters. The highest BCUT2D eigenvalue weighted by Gasteiger charge is 2.20. The molecule has 0 amide bonds. The van der Waals surface area contributed by atoms with Crippen LogP contribution in [0.1, 0.15) is 10.4 Å². The number of carbonyl (C=O) groups excluding carboxylic acids is 1.